The molecular weight excluding hydrogens is 302 g/mol. The lowest BCUT2D eigenvalue weighted by molar-refractivity contribution is -0.0391. The zero-order valence-corrected chi connectivity index (χ0v) is 12.2. The van der Waals surface area contributed by atoms with Crippen LogP contribution in [0.4, 0.5) is 0 Å². The van der Waals surface area contributed by atoms with Gasteiger partial charge in [-0.2, -0.15) is 0 Å². The van der Waals surface area contributed by atoms with Crippen molar-refractivity contribution in [3.8, 4) is 0 Å². The van der Waals surface area contributed by atoms with Crippen LogP contribution in [-0.2, 0) is 11.3 Å². The minimum atomic E-state index is 0.410. The van der Waals surface area contributed by atoms with Crippen LogP contribution in [0.25, 0.3) is 0 Å². The number of hydrogen-bond acceptors (Lipinski definition) is 2. The molecule has 1 aliphatic rings. The summed E-state index contributed by atoms with van der Waals surface area (Å²) in [5, 5.41) is 3.97. The van der Waals surface area contributed by atoms with E-state index < -0.39 is 0 Å². The Morgan fingerprint density at radius 2 is 2.24 bits per heavy atom. The Labute approximate surface area is 116 Å². The highest BCUT2D eigenvalue weighted by Crippen LogP contribution is 2.31. The summed E-state index contributed by atoms with van der Waals surface area (Å²) in [7, 11) is 2.00. The van der Waals surface area contributed by atoms with Gasteiger partial charge in [-0.25, -0.2) is 0 Å². The fourth-order valence-corrected chi connectivity index (χ4v) is 2.84. The lowest BCUT2D eigenvalue weighted by Gasteiger charge is -2.35. The molecule has 0 aliphatic heterocycles. The number of halogens is 2. The van der Waals surface area contributed by atoms with E-state index in [1.54, 1.807) is 0 Å². The maximum Gasteiger partial charge on any atom is 0.0735 e. The molecule has 4 heteroatoms. The van der Waals surface area contributed by atoms with Crippen molar-refractivity contribution in [2.75, 3.05) is 13.6 Å². The van der Waals surface area contributed by atoms with Crippen molar-refractivity contribution in [2.24, 2.45) is 5.92 Å². The zero-order chi connectivity index (χ0) is 12.3. The molecule has 0 saturated heterocycles. The molecule has 0 heterocycles. The highest BCUT2D eigenvalue weighted by atomic mass is 79.9. The van der Waals surface area contributed by atoms with Crippen molar-refractivity contribution >= 4 is 27.5 Å². The average molecular weight is 319 g/mol. The van der Waals surface area contributed by atoms with Gasteiger partial charge in [0.2, 0.25) is 0 Å². The van der Waals surface area contributed by atoms with Crippen LogP contribution in [0.15, 0.2) is 22.7 Å². The van der Waals surface area contributed by atoms with Crippen molar-refractivity contribution in [3.63, 3.8) is 0 Å². The number of benzene rings is 1. The summed E-state index contributed by atoms with van der Waals surface area (Å²) >= 11 is 9.53. The lowest BCUT2D eigenvalue weighted by atomic mass is 9.82. The summed E-state index contributed by atoms with van der Waals surface area (Å²) < 4.78 is 6.84. The largest absolute Gasteiger partial charge is 0.373 e. The van der Waals surface area contributed by atoms with Gasteiger partial charge in [-0.3, -0.25) is 0 Å². The Morgan fingerprint density at radius 1 is 1.47 bits per heavy atom. The van der Waals surface area contributed by atoms with Gasteiger partial charge in [-0.1, -0.05) is 33.6 Å². The van der Waals surface area contributed by atoms with Crippen molar-refractivity contribution in [1.29, 1.82) is 0 Å². The van der Waals surface area contributed by atoms with Crippen molar-refractivity contribution in [2.45, 2.75) is 25.6 Å². The maximum absolute atomic E-state index is 6.13. The monoisotopic (exact) mass is 317 g/mol. The molecule has 17 heavy (non-hydrogen) atoms. The molecule has 2 nitrogen and oxygen atoms in total. The third kappa shape index (κ3) is 3.68. The predicted octanol–water partition coefficient (Wildman–Crippen LogP) is 3.62. The number of ether oxygens (including phenoxy) is 1. The molecule has 1 aromatic carbocycles. The van der Waals surface area contributed by atoms with E-state index in [0.717, 1.165) is 40.4 Å². The second-order valence-electron chi connectivity index (χ2n) is 4.56. The average Bonchev–Trinajstić information content (AvgIpc) is 2.23. The Kier molecular flexibility index (Phi) is 4.86. The van der Waals surface area contributed by atoms with E-state index in [2.05, 4.69) is 21.2 Å². The van der Waals surface area contributed by atoms with Gasteiger partial charge in [0, 0.05) is 9.50 Å². The minimum Gasteiger partial charge on any atom is -0.373 e. The summed E-state index contributed by atoms with van der Waals surface area (Å²) in [5.41, 5.74) is 1.06. The normalized spacial score (nSPS) is 23.5. The van der Waals surface area contributed by atoms with Crippen LogP contribution >= 0.6 is 27.5 Å². The van der Waals surface area contributed by atoms with Gasteiger partial charge in [-0.15, -0.1) is 0 Å². The molecule has 0 aromatic heterocycles. The minimum absolute atomic E-state index is 0.410. The molecule has 1 aromatic rings. The Bertz CT molecular complexity index is 380. The van der Waals surface area contributed by atoms with E-state index in [1.165, 1.54) is 0 Å². The quantitative estimate of drug-likeness (QED) is 0.895. The third-order valence-electron chi connectivity index (χ3n) is 3.17. The highest BCUT2D eigenvalue weighted by molar-refractivity contribution is 9.10. The van der Waals surface area contributed by atoms with Crippen LogP contribution in [0, 0.1) is 5.92 Å². The van der Waals surface area contributed by atoms with Gasteiger partial charge < -0.3 is 10.1 Å². The second kappa shape index (κ2) is 6.19. The molecular formula is C13H17BrClNO. The van der Waals surface area contributed by atoms with Crippen LogP contribution in [-0.4, -0.2) is 19.7 Å². The van der Waals surface area contributed by atoms with Gasteiger partial charge in [0.1, 0.15) is 0 Å². The van der Waals surface area contributed by atoms with Crippen molar-refractivity contribution < 1.29 is 4.74 Å². The summed E-state index contributed by atoms with van der Waals surface area (Å²) in [6.07, 6.45) is 2.73. The standard InChI is InChI=1S/C13H17BrClNO/c1-16-7-9-4-12(5-9)17-8-10-2-3-11(14)6-13(10)15/h2-3,6,9,12,16H,4-5,7-8H2,1H3. The van der Waals surface area contributed by atoms with E-state index in [4.69, 9.17) is 16.3 Å². The highest BCUT2D eigenvalue weighted by Gasteiger charge is 2.29. The lowest BCUT2D eigenvalue weighted by Crippen LogP contribution is -2.36. The van der Waals surface area contributed by atoms with E-state index in [1.807, 2.05) is 25.2 Å². The van der Waals surface area contributed by atoms with Crippen LogP contribution in [0.1, 0.15) is 18.4 Å². The molecule has 0 bridgehead atoms. The van der Waals surface area contributed by atoms with Gasteiger partial charge in [0.05, 0.1) is 12.7 Å². The number of nitrogens with one attached hydrogen (secondary N) is 1. The molecule has 1 fully saturated rings. The Balaban J connectivity index is 1.76. The number of hydrogen-bond donors (Lipinski definition) is 1. The summed E-state index contributed by atoms with van der Waals surface area (Å²) in [5.74, 6) is 0.783. The van der Waals surface area contributed by atoms with E-state index in [-0.39, 0.29) is 0 Å². The topological polar surface area (TPSA) is 21.3 Å². The van der Waals surface area contributed by atoms with Crippen molar-refractivity contribution in [3.05, 3.63) is 33.3 Å². The first-order valence-electron chi connectivity index (χ1n) is 5.89. The first kappa shape index (κ1) is 13.3. The molecule has 94 valence electrons. The predicted molar refractivity (Wildman–Crippen MR) is 74.4 cm³/mol. The Morgan fingerprint density at radius 3 is 2.88 bits per heavy atom. The first-order valence-corrected chi connectivity index (χ1v) is 7.06. The van der Waals surface area contributed by atoms with Gasteiger partial charge in [-0.05, 0) is 50.0 Å². The zero-order valence-electron chi connectivity index (χ0n) is 9.88. The van der Waals surface area contributed by atoms with Crippen molar-refractivity contribution in [1.82, 2.24) is 5.32 Å². The molecule has 0 radical (unpaired) electrons. The van der Waals surface area contributed by atoms with Crippen LogP contribution < -0.4 is 5.32 Å². The van der Waals surface area contributed by atoms with Gasteiger partial charge >= 0.3 is 0 Å². The molecule has 1 N–H and O–H groups in total. The fraction of sp³-hybridized carbons (Fsp3) is 0.538. The van der Waals surface area contributed by atoms with Crippen LogP contribution in [0.3, 0.4) is 0 Å². The van der Waals surface area contributed by atoms with E-state index >= 15 is 0 Å². The SMILES string of the molecule is CNCC1CC(OCc2ccc(Br)cc2Cl)C1. The molecule has 0 unspecified atom stereocenters. The van der Waals surface area contributed by atoms with Crippen LogP contribution in [0.5, 0.6) is 0 Å². The molecule has 2 rings (SSSR count). The maximum atomic E-state index is 6.13. The molecule has 0 spiro atoms. The second-order valence-corrected chi connectivity index (χ2v) is 5.89. The molecule has 1 aliphatic carbocycles. The molecule has 0 amide bonds. The smallest absolute Gasteiger partial charge is 0.0735 e. The molecule has 1 saturated carbocycles. The fourth-order valence-electron chi connectivity index (χ4n) is 2.11. The summed E-state index contributed by atoms with van der Waals surface area (Å²) in [6, 6.07) is 5.91. The van der Waals surface area contributed by atoms with Crippen LogP contribution in [0.2, 0.25) is 5.02 Å². The number of rotatable bonds is 5. The van der Waals surface area contributed by atoms with Gasteiger partial charge in [0.25, 0.3) is 0 Å². The first-order chi connectivity index (χ1) is 8.19. The van der Waals surface area contributed by atoms with E-state index in [9.17, 15) is 0 Å². The Hall–Kier alpha value is -0.0900. The summed E-state index contributed by atoms with van der Waals surface area (Å²) in [6.45, 7) is 1.71. The van der Waals surface area contributed by atoms with E-state index in [0.29, 0.717) is 12.7 Å². The summed E-state index contributed by atoms with van der Waals surface area (Å²) in [4.78, 5) is 0. The van der Waals surface area contributed by atoms with Gasteiger partial charge in [0.15, 0.2) is 0 Å². The third-order valence-corrected chi connectivity index (χ3v) is 4.02. The molecule has 0 atom stereocenters.